The first kappa shape index (κ1) is 23.4. The van der Waals surface area contributed by atoms with Crippen LogP contribution in [0.2, 0.25) is 5.02 Å². The van der Waals surface area contributed by atoms with E-state index >= 15 is 0 Å². The van der Waals surface area contributed by atoms with Gasteiger partial charge in [-0.15, -0.1) is 0 Å². The molecule has 6 heteroatoms. The summed E-state index contributed by atoms with van der Waals surface area (Å²) in [5.74, 6) is -0.127. The lowest BCUT2D eigenvalue weighted by molar-refractivity contribution is -0.133. The molecule has 1 aromatic carbocycles. The first-order chi connectivity index (χ1) is 13.5. The number of Topliss-reactive ketones (excluding diaryl/α,β-unsaturated/α-hetero) is 1. The molecule has 0 saturated heterocycles. The molecular formula is C23H31ClO5. The molecule has 0 spiro atoms. The molecule has 0 bridgehead atoms. The molecule has 2 rings (SSSR count). The second kappa shape index (κ2) is 8.88. The highest BCUT2D eigenvalue weighted by Crippen LogP contribution is 2.47. The highest BCUT2D eigenvalue weighted by molar-refractivity contribution is 6.33. The lowest BCUT2D eigenvalue weighted by atomic mass is 9.59. The van der Waals surface area contributed by atoms with Gasteiger partial charge >= 0.3 is 0 Å². The van der Waals surface area contributed by atoms with Crippen molar-refractivity contribution in [2.24, 2.45) is 17.3 Å². The first-order valence-corrected chi connectivity index (χ1v) is 10.4. The van der Waals surface area contributed by atoms with Crippen LogP contribution in [0.15, 0.2) is 11.6 Å². The number of phenolic OH excluding ortho intramolecular Hbond substituents is 2. The number of ketones is 1. The maximum Gasteiger partial charge on any atom is 0.154 e. The Morgan fingerprint density at radius 3 is 2.52 bits per heavy atom. The fourth-order valence-corrected chi connectivity index (χ4v) is 4.49. The van der Waals surface area contributed by atoms with E-state index in [9.17, 15) is 24.9 Å². The highest BCUT2D eigenvalue weighted by Gasteiger charge is 2.44. The van der Waals surface area contributed by atoms with Gasteiger partial charge < -0.3 is 15.3 Å². The average Bonchev–Trinajstić information content (AvgIpc) is 2.68. The molecule has 0 radical (unpaired) electrons. The second-order valence-corrected chi connectivity index (χ2v) is 9.03. The molecule has 160 valence electrons. The number of phenols is 2. The van der Waals surface area contributed by atoms with Gasteiger partial charge in [0.1, 0.15) is 17.3 Å². The van der Waals surface area contributed by atoms with Gasteiger partial charge in [0.05, 0.1) is 16.7 Å². The highest BCUT2D eigenvalue weighted by atomic mass is 35.5. The third-order valence-corrected chi connectivity index (χ3v) is 7.56. The van der Waals surface area contributed by atoms with Gasteiger partial charge in [0, 0.05) is 17.9 Å². The lowest BCUT2D eigenvalue weighted by Crippen LogP contribution is -2.43. The predicted molar refractivity (Wildman–Crippen MR) is 114 cm³/mol. The van der Waals surface area contributed by atoms with Crippen LogP contribution in [0.3, 0.4) is 0 Å². The normalized spacial score (nSPS) is 26.4. The third-order valence-electron chi connectivity index (χ3n) is 7.09. The molecule has 0 aromatic heterocycles. The van der Waals surface area contributed by atoms with Crippen molar-refractivity contribution < 1.29 is 24.9 Å². The quantitative estimate of drug-likeness (QED) is 0.454. The van der Waals surface area contributed by atoms with Gasteiger partial charge in [-0.3, -0.25) is 9.59 Å². The standard InChI is InChI=1S/C23H31ClO5/c1-12(19(27)10-23(5)13(2)7-9-18(26)15(23)4)6-8-16-21(28)17(11-25)14(3)20(24)22(16)29/h6,11,13,15,19,27-29H,7-10H2,1-5H3/t13-,15+,19+,23-/m1/s1. The summed E-state index contributed by atoms with van der Waals surface area (Å²) in [5.41, 5.74) is 0.887. The Hall–Kier alpha value is -1.85. The van der Waals surface area contributed by atoms with Crippen molar-refractivity contribution in [1.29, 1.82) is 0 Å². The van der Waals surface area contributed by atoms with Crippen LogP contribution in [-0.4, -0.2) is 33.5 Å². The number of allylic oxidation sites excluding steroid dienone is 1. The van der Waals surface area contributed by atoms with Crippen molar-refractivity contribution >= 4 is 23.7 Å². The number of aromatic hydroxyl groups is 2. The van der Waals surface area contributed by atoms with E-state index in [-0.39, 0.29) is 51.2 Å². The van der Waals surface area contributed by atoms with E-state index < -0.39 is 6.10 Å². The zero-order valence-electron chi connectivity index (χ0n) is 17.8. The smallest absolute Gasteiger partial charge is 0.154 e. The van der Waals surface area contributed by atoms with Crippen LogP contribution in [0.5, 0.6) is 11.5 Å². The number of halogens is 1. The monoisotopic (exact) mass is 422 g/mol. The van der Waals surface area contributed by atoms with Crippen molar-refractivity contribution in [2.45, 2.75) is 66.4 Å². The van der Waals surface area contributed by atoms with Crippen LogP contribution < -0.4 is 0 Å². The van der Waals surface area contributed by atoms with Crippen molar-refractivity contribution in [3.8, 4) is 11.5 Å². The third kappa shape index (κ3) is 4.36. The first-order valence-electron chi connectivity index (χ1n) is 10.0. The van der Waals surface area contributed by atoms with Crippen molar-refractivity contribution in [3.63, 3.8) is 0 Å². The summed E-state index contributed by atoms with van der Waals surface area (Å²) in [6.45, 7) is 9.45. The molecule has 1 aromatic rings. The average molecular weight is 423 g/mol. The summed E-state index contributed by atoms with van der Waals surface area (Å²) < 4.78 is 0. The molecular weight excluding hydrogens is 392 g/mol. The van der Waals surface area contributed by atoms with Crippen molar-refractivity contribution in [3.05, 3.63) is 33.4 Å². The zero-order chi connectivity index (χ0) is 22.1. The van der Waals surface area contributed by atoms with Gasteiger partial charge in [0.15, 0.2) is 6.29 Å². The van der Waals surface area contributed by atoms with E-state index in [1.807, 2.05) is 6.92 Å². The molecule has 1 aliphatic rings. The van der Waals surface area contributed by atoms with E-state index in [0.717, 1.165) is 6.42 Å². The Balaban J connectivity index is 2.25. The summed E-state index contributed by atoms with van der Waals surface area (Å²) in [6, 6.07) is 0. The van der Waals surface area contributed by atoms with Crippen LogP contribution in [0.1, 0.15) is 68.4 Å². The molecule has 0 amide bonds. The predicted octanol–water partition coefficient (Wildman–Crippen LogP) is 4.75. The second-order valence-electron chi connectivity index (χ2n) is 8.65. The van der Waals surface area contributed by atoms with E-state index in [0.29, 0.717) is 36.2 Å². The van der Waals surface area contributed by atoms with Crippen LogP contribution in [-0.2, 0) is 11.2 Å². The SMILES string of the molecule is CC(=CCc1c(O)c(Cl)c(C)c(C=O)c1O)[C@@H](O)C[C@]1(C)[C@H](C)CCC(=O)[C@@H]1C. The molecule has 1 saturated carbocycles. The Labute approximate surface area is 177 Å². The van der Waals surface area contributed by atoms with Crippen molar-refractivity contribution in [1.82, 2.24) is 0 Å². The Morgan fingerprint density at radius 1 is 1.31 bits per heavy atom. The van der Waals surface area contributed by atoms with Gasteiger partial charge in [-0.2, -0.15) is 0 Å². The summed E-state index contributed by atoms with van der Waals surface area (Å²) in [6.07, 6.45) is 3.45. The van der Waals surface area contributed by atoms with E-state index in [4.69, 9.17) is 11.6 Å². The number of aliphatic hydroxyl groups excluding tert-OH is 1. The fraction of sp³-hybridized carbons (Fsp3) is 0.565. The topological polar surface area (TPSA) is 94.8 Å². The van der Waals surface area contributed by atoms with Crippen molar-refractivity contribution in [2.75, 3.05) is 0 Å². The number of benzene rings is 1. The number of aldehydes is 1. The largest absolute Gasteiger partial charge is 0.507 e. The molecule has 0 unspecified atom stereocenters. The molecule has 3 N–H and O–H groups in total. The number of carbonyl (C=O) groups excluding carboxylic acids is 2. The number of hydrogen-bond acceptors (Lipinski definition) is 5. The molecule has 5 nitrogen and oxygen atoms in total. The van der Waals surface area contributed by atoms with E-state index in [1.54, 1.807) is 19.9 Å². The van der Waals surface area contributed by atoms with E-state index in [1.165, 1.54) is 0 Å². The Bertz CT molecular complexity index is 844. The minimum absolute atomic E-state index is 0.0300. The maximum atomic E-state index is 12.2. The number of hydrogen-bond donors (Lipinski definition) is 3. The summed E-state index contributed by atoms with van der Waals surface area (Å²) in [4.78, 5) is 23.5. The minimum atomic E-state index is -0.758. The minimum Gasteiger partial charge on any atom is -0.507 e. The summed E-state index contributed by atoms with van der Waals surface area (Å²) >= 11 is 6.09. The molecule has 0 aliphatic heterocycles. The maximum absolute atomic E-state index is 12.2. The van der Waals surface area contributed by atoms with Gasteiger partial charge in [-0.25, -0.2) is 0 Å². The van der Waals surface area contributed by atoms with Gasteiger partial charge in [-0.1, -0.05) is 38.4 Å². The zero-order valence-corrected chi connectivity index (χ0v) is 18.5. The number of aliphatic hydroxyl groups is 1. The van der Waals surface area contributed by atoms with Crippen LogP contribution in [0, 0.1) is 24.2 Å². The Morgan fingerprint density at radius 2 is 1.93 bits per heavy atom. The molecule has 0 heterocycles. The van der Waals surface area contributed by atoms with E-state index in [2.05, 4.69) is 13.8 Å². The molecule has 29 heavy (non-hydrogen) atoms. The molecule has 1 aliphatic carbocycles. The lowest BCUT2D eigenvalue weighted by Gasteiger charge is -2.45. The van der Waals surface area contributed by atoms with Crippen LogP contribution in [0.4, 0.5) is 0 Å². The van der Waals surface area contributed by atoms with Gasteiger partial charge in [0.2, 0.25) is 0 Å². The summed E-state index contributed by atoms with van der Waals surface area (Å²) in [5, 5.41) is 31.5. The Kier molecular flexibility index (Phi) is 7.18. The fourth-order valence-electron chi connectivity index (χ4n) is 4.27. The summed E-state index contributed by atoms with van der Waals surface area (Å²) in [7, 11) is 0. The molecule has 4 atom stereocenters. The number of carbonyl (C=O) groups is 2. The molecule has 1 fully saturated rings. The van der Waals surface area contributed by atoms with Crippen LogP contribution >= 0.6 is 11.6 Å². The van der Waals surface area contributed by atoms with Gasteiger partial charge in [0.25, 0.3) is 0 Å². The number of rotatable bonds is 6. The van der Waals surface area contributed by atoms with Crippen LogP contribution in [0.25, 0.3) is 0 Å². The van der Waals surface area contributed by atoms with Gasteiger partial charge in [-0.05, 0) is 55.6 Å².